The van der Waals surface area contributed by atoms with Crippen LogP contribution in [0.3, 0.4) is 0 Å². The molecule has 1 aliphatic rings. The Morgan fingerprint density at radius 1 is 0.915 bits per heavy atom. The number of carbonyl (C=O) groups is 1. The fourth-order valence-electron chi connectivity index (χ4n) is 5.02. The Bertz CT molecular complexity index is 2000. The van der Waals surface area contributed by atoms with Crippen LogP contribution in [-0.2, 0) is 16.1 Å². The molecule has 0 bridgehead atoms. The van der Waals surface area contributed by atoms with E-state index in [2.05, 4.69) is 4.99 Å². The van der Waals surface area contributed by atoms with Gasteiger partial charge in [-0.2, -0.15) is 0 Å². The molecule has 0 aliphatic carbocycles. The zero-order valence-corrected chi connectivity index (χ0v) is 27.1. The molecule has 0 N–H and O–H groups in total. The number of rotatable bonds is 13. The third-order valence-electron chi connectivity index (χ3n) is 7.11. The molecule has 0 saturated heterocycles. The van der Waals surface area contributed by atoms with E-state index in [-0.39, 0.29) is 23.4 Å². The molecule has 0 spiro atoms. The molecule has 1 aromatic heterocycles. The van der Waals surface area contributed by atoms with Crippen molar-refractivity contribution in [1.82, 2.24) is 4.57 Å². The summed E-state index contributed by atoms with van der Waals surface area (Å²) in [5, 5.41) is 10.9. The Labute approximate surface area is 273 Å². The molecule has 0 fully saturated rings. The second-order valence-corrected chi connectivity index (χ2v) is 11.1. The van der Waals surface area contributed by atoms with Gasteiger partial charge in [-0.15, -0.1) is 0 Å². The van der Waals surface area contributed by atoms with Crippen molar-refractivity contribution >= 4 is 29.1 Å². The second kappa shape index (κ2) is 14.8. The lowest BCUT2D eigenvalue weighted by atomic mass is 9.97. The van der Waals surface area contributed by atoms with Crippen LogP contribution in [0.25, 0.3) is 6.08 Å². The number of ether oxygens (including phenoxy) is 5. The van der Waals surface area contributed by atoms with Crippen molar-refractivity contribution in [3.8, 4) is 23.0 Å². The van der Waals surface area contributed by atoms with E-state index < -0.39 is 16.9 Å². The molecular weight excluding hydrogens is 626 g/mol. The lowest BCUT2D eigenvalue weighted by Crippen LogP contribution is -2.39. The van der Waals surface area contributed by atoms with Crippen LogP contribution in [0.1, 0.15) is 43.5 Å². The van der Waals surface area contributed by atoms with E-state index in [0.717, 1.165) is 5.56 Å². The highest BCUT2D eigenvalue weighted by Crippen LogP contribution is 2.35. The third-order valence-corrected chi connectivity index (χ3v) is 8.11. The first kappa shape index (κ1) is 32.9. The number of methoxy groups -OCH3 is 1. The molecule has 47 heavy (non-hydrogen) atoms. The summed E-state index contributed by atoms with van der Waals surface area (Å²) in [6.45, 7) is 6.98. The summed E-state index contributed by atoms with van der Waals surface area (Å²) in [7, 11) is 1.28. The Morgan fingerprint density at radius 2 is 1.55 bits per heavy atom. The predicted molar refractivity (Wildman–Crippen MR) is 175 cm³/mol. The Morgan fingerprint density at radius 3 is 2.21 bits per heavy atom. The molecule has 2 heterocycles. The molecule has 3 aromatic carbocycles. The minimum Gasteiger partial charge on any atom is -0.490 e. The summed E-state index contributed by atoms with van der Waals surface area (Å²) in [5.41, 5.74) is 1.93. The second-order valence-electron chi connectivity index (χ2n) is 10.1. The molecule has 13 heteroatoms. The van der Waals surface area contributed by atoms with Crippen LogP contribution in [0.15, 0.2) is 82.2 Å². The Balaban J connectivity index is 1.51. The predicted octanol–water partition coefficient (Wildman–Crippen LogP) is 4.70. The lowest BCUT2D eigenvalue weighted by Gasteiger charge is -2.23. The molecule has 0 unspecified atom stereocenters. The summed E-state index contributed by atoms with van der Waals surface area (Å²) in [6, 6.07) is 15.9. The molecule has 1 aliphatic heterocycles. The summed E-state index contributed by atoms with van der Waals surface area (Å²) >= 11 is 1.19. The van der Waals surface area contributed by atoms with E-state index >= 15 is 0 Å². The fourth-order valence-corrected chi connectivity index (χ4v) is 5.99. The van der Waals surface area contributed by atoms with E-state index in [1.165, 1.54) is 41.3 Å². The number of hydrogen-bond donors (Lipinski definition) is 0. The van der Waals surface area contributed by atoms with Gasteiger partial charge >= 0.3 is 5.97 Å². The van der Waals surface area contributed by atoms with Gasteiger partial charge in [-0.3, -0.25) is 19.5 Å². The quantitative estimate of drug-likeness (QED) is 0.113. The number of nitrogens with zero attached hydrogens (tertiary/aromatic N) is 3. The number of benzene rings is 3. The highest BCUT2D eigenvalue weighted by Gasteiger charge is 2.31. The number of non-ortho nitro benzene ring substituents is 1. The molecular formula is C34H33N3O9S. The van der Waals surface area contributed by atoms with Crippen molar-refractivity contribution in [3.05, 3.63) is 119 Å². The van der Waals surface area contributed by atoms with Gasteiger partial charge in [-0.1, -0.05) is 23.5 Å². The van der Waals surface area contributed by atoms with E-state index in [1.807, 2.05) is 20.8 Å². The van der Waals surface area contributed by atoms with E-state index in [1.54, 1.807) is 54.6 Å². The number of nitro groups is 1. The van der Waals surface area contributed by atoms with Gasteiger partial charge in [0, 0.05) is 18.3 Å². The van der Waals surface area contributed by atoms with Crippen LogP contribution in [0.4, 0.5) is 5.69 Å². The number of aromatic nitrogens is 1. The van der Waals surface area contributed by atoms with Crippen LogP contribution < -0.4 is 33.8 Å². The van der Waals surface area contributed by atoms with Gasteiger partial charge in [0.2, 0.25) is 0 Å². The maximum Gasteiger partial charge on any atom is 0.337 e. The third kappa shape index (κ3) is 7.20. The summed E-state index contributed by atoms with van der Waals surface area (Å²) < 4.78 is 30.3. The van der Waals surface area contributed by atoms with Crippen molar-refractivity contribution < 1.29 is 33.4 Å². The maximum atomic E-state index is 14.0. The number of esters is 1. The molecule has 1 atom stereocenters. The molecule has 244 valence electrons. The monoisotopic (exact) mass is 659 g/mol. The average Bonchev–Trinajstić information content (AvgIpc) is 3.39. The highest BCUT2D eigenvalue weighted by molar-refractivity contribution is 7.07. The minimum absolute atomic E-state index is 0.000898. The molecule has 4 aromatic rings. The van der Waals surface area contributed by atoms with Crippen molar-refractivity contribution in [2.45, 2.75) is 33.4 Å². The van der Waals surface area contributed by atoms with Crippen molar-refractivity contribution in [1.29, 1.82) is 0 Å². The first-order valence-electron chi connectivity index (χ1n) is 14.9. The van der Waals surface area contributed by atoms with Gasteiger partial charge in [0.25, 0.3) is 11.2 Å². The number of thiazole rings is 1. The molecule has 5 rings (SSSR count). The average molecular weight is 660 g/mol. The largest absolute Gasteiger partial charge is 0.490 e. The van der Waals surface area contributed by atoms with Crippen LogP contribution in [0, 0.1) is 10.1 Å². The number of hydrogen-bond acceptors (Lipinski definition) is 11. The molecule has 12 nitrogen and oxygen atoms in total. The maximum absolute atomic E-state index is 14.0. The van der Waals surface area contributed by atoms with Crippen LogP contribution >= 0.6 is 11.3 Å². The smallest absolute Gasteiger partial charge is 0.337 e. The highest BCUT2D eigenvalue weighted by atomic mass is 32.1. The number of carbonyl (C=O) groups excluding carboxylic acids is 1. The lowest BCUT2D eigenvalue weighted by molar-refractivity contribution is -0.384. The number of nitro benzene ring substituents is 1. The topological polar surface area (TPSA) is 141 Å². The van der Waals surface area contributed by atoms with Gasteiger partial charge in [0.1, 0.15) is 6.61 Å². The standard InChI is InChI=1S/C34H33N3O9S/c1-5-43-26-15-11-23(18-29(26)45-7-3)31-25(33(39)42-4)19-35-34-36(31)32(38)30(47-34)17-22-10-14-27(28(16-22)44-6-2)46-20-21-8-12-24(13-9-21)37(40)41/h8-19,31H,5-7,20H2,1-4H3/b30-17-/t31-/m0/s1. The Hall–Kier alpha value is -5.43. The molecule has 0 radical (unpaired) electrons. The first-order valence-corrected chi connectivity index (χ1v) is 15.7. The van der Waals surface area contributed by atoms with Crippen molar-refractivity contribution in [2.24, 2.45) is 4.99 Å². The van der Waals surface area contributed by atoms with Gasteiger partial charge in [-0.05, 0) is 79.9 Å². The van der Waals surface area contributed by atoms with E-state index in [9.17, 15) is 19.7 Å². The van der Waals surface area contributed by atoms with Gasteiger partial charge in [-0.25, -0.2) is 9.79 Å². The first-order chi connectivity index (χ1) is 22.8. The SMILES string of the molecule is CCOc1ccc([C@H]2C(C(=O)OC)=CN=c3s/c(=C\c4ccc(OCc5ccc([N+](=O)[O-])cc5)c(OCC)c4)c(=O)n32)cc1OCC. The summed E-state index contributed by atoms with van der Waals surface area (Å²) in [5.74, 6) is 1.39. The molecule has 0 saturated carbocycles. The zero-order valence-electron chi connectivity index (χ0n) is 26.3. The van der Waals surface area contributed by atoms with Crippen LogP contribution in [0.5, 0.6) is 23.0 Å². The fraction of sp³-hybridized carbons (Fsp3) is 0.265. The summed E-state index contributed by atoms with van der Waals surface area (Å²) in [4.78, 5) is 42.2. The van der Waals surface area contributed by atoms with Crippen LogP contribution in [-0.4, -0.2) is 42.4 Å². The van der Waals surface area contributed by atoms with Crippen molar-refractivity contribution in [2.75, 3.05) is 26.9 Å². The van der Waals surface area contributed by atoms with Gasteiger partial charge in [0.05, 0.1) is 48.0 Å². The Kier molecular flexibility index (Phi) is 10.4. The zero-order chi connectivity index (χ0) is 33.5. The minimum atomic E-state index is -0.815. The summed E-state index contributed by atoms with van der Waals surface area (Å²) in [6.07, 6.45) is 3.17. The van der Waals surface area contributed by atoms with Crippen LogP contribution in [0.2, 0.25) is 0 Å². The normalized spacial score (nSPS) is 14.0. The van der Waals surface area contributed by atoms with Gasteiger partial charge in [0.15, 0.2) is 27.8 Å². The molecule has 0 amide bonds. The van der Waals surface area contributed by atoms with Crippen molar-refractivity contribution in [3.63, 3.8) is 0 Å². The van der Waals surface area contributed by atoms with Gasteiger partial charge < -0.3 is 23.7 Å². The number of fused-ring (bicyclic) bond motifs is 1. The van der Waals surface area contributed by atoms with E-state index in [4.69, 9.17) is 23.7 Å². The van der Waals surface area contributed by atoms with E-state index in [0.29, 0.717) is 63.3 Å².